The van der Waals surface area contributed by atoms with Crippen molar-refractivity contribution in [2.24, 2.45) is 0 Å². The first-order valence-corrected chi connectivity index (χ1v) is 8.31. The van der Waals surface area contributed by atoms with Gasteiger partial charge in [-0.15, -0.1) is 0 Å². The van der Waals surface area contributed by atoms with Crippen LogP contribution in [0.5, 0.6) is 0 Å². The fraction of sp³-hybridized carbons (Fsp3) is 0.875. The maximum Gasteiger partial charge on any atom is 0.246 e. The monoisotopic (exact) mass is 280 g/mol. The van der Waals surface area contributed by atoms with E-state index in [4.69, 9.17) is 0 Å². The maximum atomic E-state index is 12.7. The third-order valence-electron chi connectivity index (χ3n) is 4.65. The van der Waals surface area contributed by atoms with E-state index < -0.39 is 0 Å². The van der Waals surface area contributed by atoms with Crippen LogP contribution in [0.2, 0.25) is 0 Å². The van der Waals surface area contributed by atoms with Gasteiger partial charge in [-0.2, -0.15) is 0 Å². The number of carbonyl (C=O) groups excluding carboxylic acids is 2. The zero-order chi connectivity index (χ0) is 14.5. The summed E-state index contributed by atoms with van der Waals surface area (Å²) in [7, 11) is 0. The Kier molecular flexibility index (Phi) is 5.44. The Hall–Kier alpha value is -1.06. The Morgan fingerprint density at radius 1 is 1.05 bits per heavy atom. The lowest BCUT2D eigenvalue weighted by molar-refractivity contribution is -0.164. The minimum atomic E-state index is -0.210. The number of unbranched alkanes of at least 4 members (excludes halogenated alkanes) is 3. The van der Waals surface area contributed by atoms with Crippen molar-refractivity contribution in [3.05, 3.63) is 0 Å². The molecule has 0 aromatic heterocycles. The van der Waals surface area contributed by atoms with Crippen LogP contribution < -0.4 is 0 Å². The summed E-state index contributed by atoms with van der Waals surface area (Å²) in [6, 6.07) is -0.372. The first kappa shape index (κ1) is 15.3. The van der Waals surface area contributed by atoms with E-state index in [1.807, 2.05) is 16.7 Å². The van der Waals surface area contributed by atoms with Crippen LogP contribution >= 0.6 is 0 Å². The zero-order valence-corrected chi connectivity index (χ0v) is 12.9. The molecule has 0 aliphatic carbocycles. The summed E-state index contributed by atoms with van der Waals surface area (Å²) < 4.78 is 0. The van der Waals surface area contributed by atoms with Crippen LogP contribution in [0, 0.1) is 0 Å². The summed E-state index contributed by atoms with van der Waals surface area (Å²) in [6.45, 7) is 5.73. The minimum Gasteiger partial charge on any atom is -0.329 e. The average molecular weight is 280 g/mol. The molecule has 114 valence electrons. The maximum absolute atomic E-state index is 12.7. The molecule has 0 aromatic carbocycles. The summed E-state index contributed by atoms with van der Waals surface area (Å²) in [5.41, 5.74) is 0. The van der Waals surface area contributed by atoms with E-state index >= 15 is 0 Å². The third-order valence-corrected chi connectivity index (χ3v) is 4.65. The molecule has 2 heterocycles. The standard InChI is InChI=1S/C16H28N2O2/c1-3-5-6-8-11-17-13(4-2)15(19)18-12-9-7-10-14(18)16(17)20/h13-14H,3-12H2,1-2H3. The smallest absolute Gasteiger partial charge is 0.246 e. The van der Waals surface area contributed by atoms with Crippen LogP contribution in [0.1, 0.15) is 65.2 Å². The molecule has 0 saturated carbocycles. The molecule has 2 fully saturated rings. The van der Waals surface area contributed by atoms with Crippen molar-refractivity contribution >= 4 is 11.8 Å². The van der Waals surface area contributed by atoms with Crippen molar-refractivity contribution in [3.8, 4) is 0 Å². The van der Waals surface area contributed by atoms with Crippen LogP contribution in [0.4, 0.5) is 0 Å². The van der Waals surface area contributed by atoms with Gasteiger partial charge in [0, 0.05) is 13.1 Å². The van der Waals surface area contributed by atoms with Gasteiger partial charge in [0.15, 0.2) is 0 Å². The van der Waals surface area contributed by atoms with E-state index in [9.17, 15) is 9.59 Å². The molecule has 2 aliphatic rings. The van der Waals surface area contributed by atoms with E-state index in [0.29, 0.717) is 0 Å². The predicted octanol–water partition coefficient (Wildman–Crippen LogP) is 2.57. The van der Waals surface area contributed by atoms with Gasteiger partial charge in [0.25, 0.3) is 0 Å². The van der Waals surface area contributed by atoms with Gasteiger partial charge in [-0.05, 0) is 32.1 Å². The highest BCUT2D eigenvalue weighted by atomic mass is 16.2. The van der Waals surface area contributed by atoms with Gasteiger partial charge >= 0.3 is 0 Å². The Morgan fingerprint density at radius 2 is 1.85 bits per heavy atom. The molecule has 0 N–H and O–H groups in total. The summed E-state index contributed by atoms with van der Waals surface area (Å²) in [5.74, 6) is 0.389. The molecule has 2 saturated heterocycles. The second kappa shape index (κ2) is 7.09. The Bertz CT molecular complexity index is 356. The first-order chi connectivity index (χ1) is 9.70. The molecule has 2 rings (SSSR count). The molecule has 2 aliphatic heterocycles. The number of piperidine rings is 1. The molecular weight excluding hydrogens is 252 g/mol. The zero-order valence-electron chi connectivity index (χ0n) is 12.9. The van der Waals surface area contributed by atoms with Crippen LogP contribution in [0.3, 0.4) is 0 Å². The van der Waals surface area contributed by atoms with Gasteiger partial charge in [0.2, 0.25) is 11.8 Å². The van der Waals surface area contributed by atoms with Crippen molar-refractivity contribution in [1.82, 2.24) is 9.80 Å². The van der Waals surface area contributed by atoms with Gasteiger partial charge in [-0.25, -0.2) is 0 Å². The topological polar surface area (TPSA) is 40.6 Å². The normalized spacial score (nSPS) is 26.9. The number of hydrogen-bond acceptors (Lipinski definition) is 2. The number of hydrogen-bond donors (Lipinski definition) is 0. The molecule has 0 radical (unpaired) electrons. The fourth-order valence-electron chi connectivity index (χ4n) is 3.49. The second-order valence-corrected chi connectivity index (χ2v) is 6.06. The van der Waals surface area contributed by atoms with Gasteiger partial charge in [0.05, 0.1) is 0 Å². The molecule has 4 heteroatoms. The molecule has 2 atom stereocenters. The van der Waals surface area contributed by atoms with E-state index in [1.54, 1.807) is 0 Å². The van der Waals surface area contributed by atoms with Gasteiger partial charge < -0.3 is 9.80 Å². The number of amides is 2. The summed E-state index contributed by atoms with van der Waals surface area (Å²) >= 11 is 0. The number of piperazine rings is 1. The molecule has 0 spiro atoms. The minimum absolute atomic E-state index is 0.162. The van der Waals surface area contributed by atoms with E-state index in [-0.39, 0.29) is 23.9 Å². The van der Waals surface area contributed by atoms with Crippen molar-refractivity contribution in [2.75, 3.05) is 13.1 Å². The third kappa shape index (κ3) is 2.99. The van der Waals surface area contributed by atoms with Crippen LogP contribution in [-0.2, 0) is 9.59 Å². The molecule has 4 nitrogen and oxygen atoms in total. The molecule has 2 amide bonds. The van der Waals surface area contributed by atoms with Gasteiger partial charge in [-0.1, -0.05) is 33.1 Å². The van der Waals surface area contributed by atoms with E-state index in [2.05, 4.69) is 6.92 Å². The molecular formula is C16H28N2O2. The Balaban J connectivity index is 2.04. The lowest BCUT2D eigenvalue weighted by atomic mass is 9.94. The number of rotatable bonds is 6. The lowest BCUT2D eigenvalue weighted by Crippen LogP contribution is -2.65. The largest absolute Gasteiger partial charge is 0.329 e. The van der Waals surface area contributed by atoms with Crippen molar-refractivity contribution in [2.45, 2.75) is 77.3 Å². The highest BCUT2D eigenvalue weighted by Gasteiger charge is 2.45. The van der Waals surface area contributed by atoms with Gasteiger partial charge in [0.1, 0.15) is 12.1 Å². The van der Waals surface area contributed by atoms with Crippen LogP contribution in [0.15, 0.2) is 0 Å². The van der Waals surface area contributed by atoms with Gasteiger partial charge in [-0.3, -0.25) is 9.59 Å². The predicted molar refractivity (Wildman–Crippen MR) is 79.3 cm³/mol. The average Bonchev–Trinajstić information content (AvgIpc) is 2.48. The van der Waals surface area contributed by atoms with Crippen molar-refractivity contribution in [3.63, 3.8) is 0 Å². The first-order valence-electron chi connectivity index (χ1n) is 8.31. The van der Waals surface area contributed by atoms with Crippen LogP contribution in [0.25, 0.3) is 0 Å². The van der Waals surface area contributed by atoms with Crippen molar-refractivity contribution < 1.29 is 9.59 Å². The molecule has 0 bridgehead atoms. The van der Waals surface area contributed by atoms with Crippen LogP contribution in [-0.4, -0.2) is 46.8 Å². The summed E-state index contributed by atoms with van der Waals surface area (Å²) in [4.78, 5) is 29.0. The highest BCUT2D eigenvalue weighted by Crippen LogP contribution is 2.27. The highest BCUT2D eigenvalue weighted by molar-refractivity contribution is 5.97. The molecule has 0 aromatic rings. The Morgan fingerprint density at radius 3 is 2.55 bits per heavy atom. The summed E-state index contributed by atoms with van der Waals surface area (Å²) in [6.07, 6.45) is 8.29. The van der Waals surface area contributed by atoms with E-state index in [0.717, 1.165) is 51.6 Å². The Labute approximate surface area is 122 Å². The van der Waals surface area contributed by atoms with E-state index in [1.165, 1.54) is 12.8 Å². The number of carbonyl (C=O) groups is 2. The fourth-order valence-corrected chi connectivity index (χ4v) is 3.49. The number of nitrogens with zero attached hydrogens (tertiary/aromatic N) is 2. The second-order valence-electron chi connectivity index (χ2n) is 6.06. The lowest BCUT2D eigenvalue weighted by Gasteiger charge is -2.47. The summed E-state index contributed by atoms with van der Waals surface area (Å²) in [5, 5.41) is 0. The number of fused-ring (bicyclic) bond motifs is 1. The SMILES string of the molecule is CCCCCCN1C(=O)C2CCCCN2C(=O)C1CC. The molecule has 20 heavy (non-hydrogen) atoms. The molecule has 2 unspecified atom stereocenters. The van der Waals surface area contributed by atoms with Crippen molar-refractivity contribution in [1.29, 1.82) is 0 Å². The quantitative estimate of drug-likeness (QED) is 0.702.